The highest BCUT2D eigenvalue weighted by Gasteiger charge is 2.19. The molecular formula is C24H27N3O2. The highest BCUT2D eigenvalue weighted by molar-refractivity contribution is 5.80. The van der Waals surface area contributed by atoms with Gasteiger partial charge in [-0.05, 0) is 45.2 Å². The van der Waals surface area contributed by atoms with Crippen molar-refractivity contribution < 1.29 is 4.79 Å². The molecule has 1 heterocycles. The molecule has 0 fully saturated rings. The van der Waals surface area contributed by atoms with Crippen LogP contribution in [0.1, 0.15) is 37.4 Å². The normalized spacial score (nSPS) is 12.9. The zero-order chi connectivity index (χ0) is 20.8. The fourth-order valence-electron chi connectivity index (χ4n) is 3.16. The average molecular weight is 389 g/mol. The summed E-state index contributed by atoms with van der Waals surface area (Å²) in [4.78, 5) is 25.0. The topological polar surface area (TPSA) is 64.0 Å². The van der Waals surface area contributed by atoms with Crippen LogP contribution in [0.5, 0.6) is 0 Å². The van der Waals surface area contributed by atoms with E-state index in [1.165, 1.54) is 16.3 Å². The van der Waals surface area contributed by atoms with Crippen molar-refractivity contribution in [2.75, 3.05) is 0 Å². The van der Waals surface area contributed by atoms with E-state index in [9.17, 15) is 9.59 Å². The summed E-state index contributed by atoms with van der Waals surface area (Å²) in [6.07, 6.45) is 1.71. The summed E-state index contributed by atoms with van der Waals surface area (Å²) in [6, 6.07) is 20.6. The molecule has 0 aliphatic carbocycles. The first-order chi connectivity index (χ1) is 13.9. The number of carbonyl (C=O) groups excluding carboxylic acids is 1. The van der Waals surface area contributed by atoms with Crippen molar-refractivity contribution in [1.29, 1.82) is 0 Å². The number of benzene rings is 2. The first kappa shape index (κ1) is 20.5. The van der Waals surface area contributed by atoms with Crippen molar-refractivity contribution in [3.8, 4) is 11.3 Å². The maximum Gasteiger partial charge on any atom is 0.267 e. The molecule has 0 saturated carbocycles. The van der Waals surface area contributed by atoms with Gasteiger partial charge < -0.3 is 5.32 Å². The molecule has 0 radical (unpaired) electrons. The molecule has 1 aromatic heterocycles. The Bertz CT molecular complexity index is 1010. The second kappa shape index (κ2) is 9.32. The Morgan fingerprint density at radius 3 is 2.38 bits per heavy atom. The number of rotatable bonds is 7. The van der Waals surface area contributed by atoms with Gasteiger partial charge in [0.15, 0.2) is 0 Å². The first-order valence-electron chi connectivity index (χ1n) is 9.95. The van der Waals surface area contributed by atoms with Crippen LogP contribution >= 0.6 is 0 Å². The maximum absolute atomic E-state index is 12.7. The minimum atomic E-state index is -0.688. The molecule has 5 nitrogen and oxygen atoms in total. The summed E-state index contributed by atoms with van der Waals surface area (Å²) in [5, 5.41) is 7.44. The second-order valence-electron chi connectivity index (χ2n) is 7.48. The zero-order valence-electron chi connectivity index (χ0n) is 17.1. The highest BCUT2D eigenvalue weighted by atomic mass is 16.2. The Morgan fingerprint density at radius 2 is 1.69 bits per heavy atom. The number of aryl methyl sites for hydroxylation is 2. The van der Waals surface area contributed by atoms with Gasteiger partial charge in [0.2, 0.25) is 5.91 Å². The van der Waals surface area contributed by atoms with E-state index in [-0.39, 0.29) is 17.5 Å². The van der Waals surface area contributed by atoms with Crippen molar-refractivity contribution in [2.45, 2.75) is 45.7 Å². The third-order valence-electron chi connectivity index (χ3n) is 5.02. The van der Waals surface area contributed by atoms with Gasteiger partial charge in [0.1, 0.15) is 6.04 Å². The van der Waals surface area contributed by atoms with Crippen molar-refractivity contribution in [3.05, 3.63) is 88.2 Å². The lowest BCUT2D eigenvalue weighted by atomic mass is 10.1. The molecule has 2 atom stereocenters. The monoisotopic (exact) mass is 389 g/mol. The van der Waals surface area contributed by atoms with Gasteiger partial charge in [0.25, 0.3) is 5.56 Å². The standard InChI is InChI=1S/C24H27N3O2/c1-17-9-13-21(14-10-17)22-15-16-23(28)27(26-22)19(3)24(29)25-18(2)11-12-20-7-5-4-6-8-20/h4-10,13-16,18-19H,11-12H2,1-3H3,(H,25,29). The maximum atomic E-state index is 12.7. The Kier molecular flexibility index (Phi) is 6.60. The molecule has 1 amide bonds. The molecule has 5 heteroatoms. The van der Waals surface area contributed by atoms with Crippen molar-refractivity contribution in [2.24, 2.45) is 0 Å². The number of aromatic nitrogens is 2. The summed E-state index contributed by atoms with van der Waals surface area (Å²) >= 11 is 0. The van der Waals surface area contributed by atoms with Gasteiger partial charge in [-0.3, -0.25) is 9.59 Å². The lowest BCUT2D eigenvalue weighted by Crippen LogP contribution is -2.41. The van der Waals surface area contributed by atoms with Crippen LogP contribution in [0.2, 0.25) is 0 Å². The predicted octanol–water partition coefficient (Wildman–Crippen LogP) is 3.92. The summed E-state index contributed by atoms with van der Waals surface area (Å²) in [5.41, 5.74) is 3.68. The molecule has 1 N–H and O–H groups in total. The van der Waals surface area contributed by atoms with Crippen LogP contribution in [-0.4, -0.2) is 21.7 Å². The van der Waals surface area contributed by atoms with Crippen LogP contribution in [0.3, 0.4) is 0 Å². The number of nitrogens with zero attached hydrogens (tertiary/aromatic N) is 2. The second-order valence-corrected chi connectivity index (χ2v) is 7.48. The van der Waals surface area contributed by atoms with E-state index in [4.69, 9.17) is 0 Å². The fraction of sp³-hybridized carbons (Fsp3) is 0.292. The number of hydrogen-bond donors (Lipinski definition) is 1. The largest absolute Gasteiger partial charge is 0.352 e. The van der Waals surface area contributed by atoms with Crippen molar-refractivity contribution >= 4 is 5.91 Å². The average Bonchev–Trinajstić information content (AvgIpc) is 2.73. The van der Waals surface area contributed by atoms with Gasteiger partial charge in [-0.25, -0.2) is 4.68 Å². The van der Waals surface area contributed by atoms with Crippen LogP contribution in [0.25, 0.3) is 11.3 Å². The van der Waals surface area contributed by atoms with E-state index in [0.717, 1.165) is 24.0 Å². The molecule has 0 aliphatic heterocycles. The van der Waals surface area contributed by atoms with Gasteiger partial charge in [-0.15, -0.1) is 0 Å². The quantitative estimate of drug-likeness (QED) is 0.666. The molecular weight excluding hydrogens is 362 g/mol. The molecule has 2 unspecified atom stereocenters. The third-order valence-corrected chi connectivity index (χ3v) is 5.02. The van der Waals surface area contributed by atoms with E-state index in [1.54, 1.807) is 13.0 Å². The van der Waals surface area contributed by atoms with E-state index in [1.807, 2.05) is 56.3 Å². The third kappa shape index (κ3) is 5.41. The number of carbonyl (C=O) groups is 1. The lowest BCUT2D eigenvalue weighted by molar-refractivity contribution is -0.124. The summed E-state index contributed by atoms with van der Waals surface area (Å²) in [7, 11) is 0. The number of hydrogen-bond acceptors (Lipinski definition) is 3. The van der Waals surface area contributed by atoms with E-state index in [0.29, 0.717) is 5.69 Å². The fourth-order valence-corrected chi connectivity index (χ4v) is 3.16. The zero-order valence-corrected chi connectivity index (χ0v) is 17.1. The minimum Gasteiger partial charge on any atom is -0.352 e. The van der Waals surface area contributed by atoms with Crippen LogP contribution < -0.4 is 10.9 Å². The van der Waals surface area contributed by atoms with Crippen LogP contribution in [0.4, 0.5) is 0 Å². The van der Waals surface area contributed by atoms with Gasteiger partial charge in [-0.1, -0.05) is 60.2 Å². The lowest BCUT2D eigenvalue weighted by Gasteiger charge is -2.19. The van der Waals surface area contributed by atoms with Gasteiger partial charge >= 0.3 is 0 Å². The Balaban J connectivity index is 1.67. The van der Waals surface area contributed by atoms with Crippen LogP contribution in [-0.2, 0) is 11.2 Å². The SMILES string of the molecule is Cc1ccc(-c2ccc(=O)n(C(C)C(=O)NC(C)CCc3ccccc3)n2)cc1. The molecule has 0 bridgehead atoms. The minimum absolute atomic E-state index is 0.00105. The number of amides is 1. The molecule has 0 saturated heterocycles. The Hall–Kier alpha value is -3.21. The Morgan fingerprint density at radius 1 is 1.00 bits per heavy atom. The molecule has 3 aromatic rings. The molecule has 29 heavy (non-hydrogen) atoms. The predicted molar refractivity (Wildman–Crippen MR) is 116 cm³/mol. The summed E-state index contributed by atoms with van der Waals surface area (Å²) in [6.45, 7) is 5.70. The van der Waals surface area contributed by atoms with Crippen molar-refractivity contribution in [3.63, 3.8) is 0 Å². The molecule has 3 rings (SSSR count). The smallest absolute Gasteiger partial charge is 0.267 e. The summed E-state index contributed by atoms with van der Waals surface area (Å²) < 4.78 is 1.26. The van der Waals surface area contributed by atoms with Crippen molar-refractivity contribution in [1.82, 2.24) is 15.1 Å². The van der Waals surface area contributed by atoms with Gasteiger partial charge in [0, 0.05) is 17.7 Å². The van der Waals surface area contributed by atoms with E-state index in [2.05, 4.69) is 22.5 Å². The summed E-state index contributed by atoms with van der Waals surface area (Å²) in [5.74, 6) is -0.207. The van der Waals surface area contributed by atoms with Gasteiger partial charge in [0.05, 0.1) is 5.69 Å². The molecule has 0 spiro atoms. The van der Waals surface area contributed by atoms with Gasteiger partial charge in [-0.2, -0.15) is 5.10 Å². The van der Waals surface area contributed by atoms with E-state index >= 15 is 0 Å². The Labute approximate surface area is 171 Å². The van der Waals surface area contributed by atoms with Crippen LogP contribution in [0.15, 0.2) is 71.5 Å². The number of nitrogens with one attached hydrogen (secondary N) is 1. The molecule has 2 aromatic carbocycles. The van der Waals surface area contributed by atoms with E-state index < -0.39 is 6.04 Å². The first-order valence-corrected chi connectivity index (χ1v) is 9.95. The highest BCUT2D eigenvalue weighted by Crippen LogP contribution is 2.17. The molecule has 150 valence electrons. The van der Waals surface area contributed by atoms with Crippen LogP contribution in [0, 0.1) is 6.92 Å². The molecule has 0 aliphatic rings.